The number of primary sulfonamides is 1. The SMILES string of the molecule is COc1ccc(C2CC(c3ccc(Cl)cc3)=NN2c2ccc(S(N)(=O)=O)cc2)cc1OC. The molecule has 2 N–H and O–H groups in total. The number of halogens is 1. The molecule has 32 heavy (non-hydrogen) atoms. The number of rotatable bonds is 6. The van der Waals surface area contributed by atoms with Crippen LogP contribution in [0.25, 0.3) is 0 Å². The van der Waals surface area contributed by atoms with E-state index in [1.54, 1.807) is 26.4 Å². The van der Waals surface area contributed by atoms with Gasteiger partial charge in [0.1, 0.15) is 0 Å². The molecule has 0 saturated carbocycles. The summed E-state index contributed by atoms with van der Waals surface area (Å²) in [5.74, 6) is 1.26. The van der Waals surface area contributed by atoms with Gasteiger partial charge in [-0.1, -0.05) is 29.8 Å². The van der Waals surface area contributed by atoms with Gasteiger partial charge in [0.15, 0.2) is 11.5 Å². The van der Waals surface area contributed by atoms with Crippen molar-refractivity contribution in [3.63, 3.8) is 0 Å². The highest BCUT2D eigenvalue weighted by Crippen LogP contribution is 2.40. The lowest BCUT2D eigenvalue weighted by Crippen LogP contribution is -2.19. The van der Waals surface area contributed by atoms with Gasteiger partial charge in [-0.25, -0.2) is 13.6 Å². The van der Waals surface area contributed by atoms with Crippen LogP contribution in [0.1, 0.15) is 23.6 Å². The Morgan fingerprint density at radius 3 is 2.22 bits per heavy atom. The van der Waals surface area contributed by atoms with Crippen molar-refractivity contribution < 1.29 is 17.9 Å². The third-order valence-electron chi connectivity index (χ3n) is 5.31. The minimum atomic E-state index is -3.78. The molecule has 0 bridgehead atoms. The second-order valence-corrected chi connectivity index (χ2v) is 9.27. The van der Waals surface area contributed by atoms with E-state index in [4.69, 9.17) is 31.3 Å². The van der Waals surface area contributed by atoms with E-state index < -0.39 is 10.0 Å². The molecule has 3 aromatic rings. The van der Waals surface area contributed by atoms with Crippen molar-refractivity contribution in [2.75, 3.05) is 19.2 Å². The van der Waals surface area contributed by atoms with Crippen LogP contribution in [0.2, 0.25) is 5.02 Å². The summed E-state index contributed by atoms with van der Waals surface area (Å²) in [5, 5.41) is 12.6. The summed E-state index contributed by atoms with van der Waals surface area (Å²) in [7, 11) is -0.596. The lowest BCUT2D eigenvalue weighted by molar-refractivity contribution is 0.354. The van der Waals surface area contributed by atoms with E-state index in [-0.39, 0.29) is 10.9 Å². The minimum absolute atomic E-state index is 0.0463. The number of benzene rings is 3. The highest BCUT2D eigenvalue weighted by molar-refractivity contribution is 7.89. The van der Waals surface area contributed by atoms with Crippen molar-refractivity contribution in [1.82, 2.24) is 0 Å². The van der Waals surface area contributed by atoms with Crippen molar-refractivity contribution in [2.45, 2.75) is 17.4 Å². The fourth-order valence-electron chi connectivity index (χ4n) is 3.67. The topological polar surface area (TPSA) is 94.2 Å². The highest BCUT2D eigenvalue weighted by Gasteiger charge is 2.31. The van der Waals surface area contributed by atoms with Crippen molar-refractivity contribution in [2.24, 2.45) is 10.2 Å². The molecular formula is C23H22ClN3O4S. The maximum absolute atomic E-state index is 11.6. The van der Waals surface area contributed by atoms with Crippen LogP contribution < -0.4 is 19.6 Å². The number of ether oxygens (including phenoxy) is 2. The number of methoxy groups -OCH3 is 2. The third kappa shape index (κ3) is 4.43. The molecule has 0 fully saturated rings. The molecule has 0 amide bonds. The first-order valence-corrected chi connectivity index (χ1v) is 11.7. The van der Waals surface area contributed by atoms with E-state index in [9.17, 15) is 8.42 Å². The molecule has 0 aliphatic carbocycles. The fraction of sp³-hybridized carbons (Fsp3) is 0.174. The van der Waals surface area contributed by atoms with Gasteiger partial charge in [-0.15, -0.1) is 0 Å². The molecule has 9 heteroatoms. The van der Waals surface area contributed by atoms with E-state index in [0.717, 1.165) is 22.5 Å². The summed E-state index contributed by atoms with van der Waals surface area (Å²) < 4.78 is 34.1. The molecule has 7 nitrogen and oxygen atoms in total. The standard InChI is InChI=1S/C23H22ClN3O4S/c1-30-22-12-5-16(13-23(22)31-2)21-14-20(15-3-6-17(24)7-4-15)26-27(21)18-8-10-19(11-9-18)32(25,28)29/h3-13,21H,14H2,1-2H3,(H2,25,28,29). The number of sulfonamides is 1. The minimum Gasteiger partial charge on any atom is -0.493 e. The van der Waals surface area contributed by atoms with Crippen LogP contribution in [-0.2, 0) is 10.0 Å². The smallest absolute Gasteiger partial charge is 0.238 e. The number of hydrogen-bond donors (Lipinski definition) is 1. The van der Waals surface area contributed by atoms with Crippen LogP contribution >= 0.6 is 11.6 Å². The average molecular weight is 472 g/mol. The molecular weight excluding hydrogens is 450 g/mol. The maximum atomic E-state index is 11.6. The Bertz CT molecular complexity index is 1260. The molecule has 3 aromatic carbocycles. The zero-order valence-corrected chi connectivity index (χ0v) is 19.1. The second kappa shape index (κ2) is 8.82. The van der Waals surface area contributed by atoms with Gasteiger partial charge in [0, 0.05) is 11.4 Å². The van der Waals surface area contributed by atoms with Gasteiger partial charge in [-0.05, 0) is 59.7 Å². The van der Waals surface area contributed by atoms with Crippen LogP contribution in [0.5, 0.6) is 11.5 Å². The summed E-state index contributed by atoms with van der Waals surface area (Å²) in [5.41, 5.74) is 3.56. The van der Waals surface area contributed by atoms with Crippen molar-refractivity contribution in [1.29, 1.82) is 0 Å². The number of hydrogen-bond acceptors (Lipinski definition) is 6. The molecule has 0 spiro atoms. The Morgan fingerprint density at radius 1 is 0.969 bits per heavy atom. The van der Waals surface area contributed by atoms with E-state index in [2.05, 4.69) is 0 Å². The molecule has 0 aromatic heterocycles. The second-order valence-electron chi connectivity index (χ2n) is 7.27. The first-order valence-electron chi connectivity index (χ1n) is 9.77. The summed E-state index contributed by atoms with van der Waals surface area (Å²) in [6.07, 6.45) is 0.633. The summed E-state index contributed by atoms with van der Waals surface area (Å²) in [6, 6.07) is 19.5. The highest BCUT2D eigenvalue weighted by atomic mass is 35.5. The Labute approximate surface area is 192 Å². The van der Waals surface area contributed by atoms with Gasteiger partial charge in [0.25, 0.3) is 0 Å². The molecule has 4 rings (SSSR count). The van der Waals surface area contributed by atoms with E-state index in [1.165, 1.54) is 12.1 Å². The zero-order valence-electron chi connectivity index (χ0n) is 17.5. The Balaban J connectivity index is 1.76. The zero-order chi connectivity index (χ0) is 22.9. The van der Waals surface area contributed by atoms with E-state index in [0.29, 0.717) is 22.9 Å². The van der Waals surface area contributed by atoms with Crippen LogP contribution in [0.4, 0.5) is 5.69 Å². The molecule has 1 aliphatic rings. The van der Waals surface area contributed by atoms with Crippen molar-refractivity contribution in [3.8, 4) is 11.5 Å². The lowest BCUT2D eigenvalue weighted by Gasteiger charge is -2.24. The van der Waals surface area contributed by atoms with Gasteiger partial charge >= 0.3 is 0 Å². The lowest BCUT2D eigenvalue weighted by atomic mass is 9.98. The Hall–Kier alpha value is -3.07. The third-order valence-corrected chi connectivity index (χ3v) is 6.49. The largest absolute Gasteiger partial charge is 0.493 e. The van der Waals surface area contributed by atoms with E-state index >= 15 is 0 Å². The van der Waals surface area contributed by atoms with Crippen molar-refractivity contribution in [3.05, 3.63) is 82.9 Å². The Kier molecular flexibility index (Phi) is 6.10. The normalized spacial score (nSPS) is 16.1. The van der Waals surface area contributed by atoms with Crippen LogP contribution in [-0.4, -0.2) is 28.3 Å². The average Bonchev–Trinajstić information content (AvgIpc) is 3.24. The van der Waals surface area contributed by atoms with Gasteiger partial charge in [-0.2, -0.15) is 5.10 Å². The molecule has 166 valence electrons. The van der Waals surface area contributed by atoms with Crippen LogP contribution in [0, 0.1) is 0 Å². The molecule has 0 saturated heterocycles. The number of hydrazone groups is 1. The van der Waals surface area contributed by atoms with Gasteiger partial charge in [-0.3, -0.25) is 5.01 Å². The number of anilines is 1. The maximum Gasteiger partial charge on any atom is 0.238 e. The molecule has 0 radical (unpaired) electrons. The predicted octanol–water partition coefficient (Wildman–Crippen LogP) is 4.36. The molecule has 1 atom stereocenters. The summed E-state index contributed by atoms with van der Waals surface area (Å²) in [6.45, 7) is 0. The van der Waals surface area contributed by atoms with Crippen LogP contribution in [0.15, 0.2) is 76.7 Å². The molecule has 1 aliphatic heterocycles. The van der Waals surface area contributed by atoms with Gasteiger partial charge < -0.3 is 9.47 Å². The molecule has 1 unspecified atom stereocenters. The Morgan fingerprint density at radius 2 is 1.62 bits per heavy atom. The van der Waals surface area contributed by atoms with Gasteiger partial charge in [0.2, 0.25) is 10.0 Å². The van der Waals surface area contributed by atoms with Crippen molar-refractivity contribution >= 4 is 33.0 Å². The monoisotopic (exact) mass is 471 g/mol. The first kappa shape index (κ1) is 22.1. The first-order chi connectivity index (χ1) is 15.3. The summed E-state index contributed by atoms with van der Waals surface area (Å²) >= 11 is 6.05. The summed E-state index contributed by atoms with van der Waals surface area (Å²) in [4.78, 5) is 0.0463. The number of nitrogens with two attached hydrogens (primary N) is 1. The number of nitrogens with zero attached hydrogens (tertiary/aromatic N) is 2. The molecule has 1 heterocycles. The van der Waals surface area contributed by atoms with E-state index in [1.807, 2.05) is 47.5 Å². The van der Waals surface area contributed by atoms with Gasteiger partial charge in [0.05, 0.1) is 36.6 Å². The predicted molar refractivity (Wildman–Crippen MR) is 125 cm³/mol. The van der Waals surface area contributed by atoms with Crippen LogP contribution in [0.3, 0.4) is 0 Å². The fourth-order valence-corrected chi connectivity index (χ4v) is 4.31. The quantitative estimate of drug-likeness (QED) is 0.576.